The summed E-state index contributed by atoms with van der Waals surface area (Å²) in [5.41, 5.74) is 0. The lowest BCUT2D eigenvalue weighted by molar-refractivity contribution is 0.0557. The van der Waals surface area contributed by atoms with Gasteiger partial charge < -0.3 is 10.1 Å². The third-order valence-electron chi connectivity index (χ3n) is 3.09. The minimum atomic E-state index is 0.340. The lowest BCUT2D eigenvalue weighted by Gasteiger charge is -2.24. The second-order valence-corrected chi connectivity index (χ2v) is 4.95. The largest absolute Gasteiger partial charge is 0.377 e. The maximum atomic E-state index is 5.73. The van der Waals surface area contributed by atoms with Crippen LogP contribution in [-0.4, -0.2) is 25.3 Å². The van der Waals surface area contributed by atoms with Gasteiger partial charge >= 0.3 is 0 Å². The quantitative estimate of drug-likeness (QED) is 0.618. The molecular formula is C14H31NO. The molecule has 1 N–H and O–H groups in total. The van der Waals surface area contributed by atoms with E-state index in [1.165, 1.54) is 25.7 Å². The molecule has 1 atom stereocenters. The molecule has 0 fully saturated rings. The second-order valence-electron chi connectivity index (χ2n) is 4.95. The van der Waals surface area contributed by atoms with Crippen LogP contribution in [0, 0.1) is 5.92 Å². The van der Waals surface area contributed by atoms with Gasteiger partial charge in [-0.15, -0.1) is 0 Å². The summed E-state index contributed by atoms with van der Waals surface area (Å²) in [6, 6.07) is 0.534. The first-order valence-electron chi connectivity index (χ1n) is 6.98. The van der Waals surface area contributed by atoms with E-state index in [0.29, 0.717) is 12.1 Å². The Morgan fingerprint density at radius 2 is 1.69 bits per heavy atom. The molecule has 98 valence electrons. The molecule has 0 aromatic heterocycles. The highest BCUT2D eigenvalue weighted by molar-refractivity contribution is 4.71. The molecule has 0 spiro atoms. The molecule has 1 unspecified atom stereocenters. The van der Waals surface area contributed by atoms with E-state index in [4.69, 9.17) is 4.74 Å². The van der Waals surface area contributed by atoms with Crippen LogP contribution in [0.2, 0.25) is 0 Å². The highest BCUT2D eigenvalue weighted by atomic mass is 16.5. The molecule has 0 heterocycles. The molecule has 0 aliphatic heterocycles. The van der Waals surface area contributed by atoms with Crippen molar-refractivity contribution in [3.05, 3.63) is 0 Å². The number of ether oxygens (including phenoxy) is 1. The van der Waals surface area contributed by atoms with Crippen molar-refractivity contribution in [2.45, 2.75) is 72.4 Å². The predicted octanol–water partition coefficient (Wildman–Crippen LogP) is 3.61. The van der Waals surface area contributed by atoms with Crippen molar-refractivity contribution in [1.29, 1.82) is 0 Å². The van der Waals surface area contributed by atoms with E-state index in [2.05, 4.69) is 39.9 Å². The number of hydrogen-bond donors (Lipinski definition) is 1. The molecule has 0 aliphatic rings. The molecule has 0 saturated carbocycles. The first-order valence-corrected chi connectivity index (χ1v) is 6.98. The van der Waals surface area contributed by atoms with Crippen molar-refractivity contribution >= 4 is 0 Å². The van der Waals surface area contributed by atoms with Gasteiger partial charge in [0, 0.05) is 6.04 Å². The molecule has 0 amide bonds. The molecule has 2 heteroatoms. The fraction of sp³-hybridized carbons (Fsp3) is 1.00. The first-order chi connectivity index (χ1) is 7.63. The van der Waals surface area contributed by atoms with Gasteiger partial charge in [-0.1, -0.05) is 33.6 Å². The van der Waals surface area contributed by atoms with Crippen LogP contribution in [0.5, 0.6) is 0 Å². The summed E-state index contributed by atoms with van der Waals surface area (Å²) in [4.78, 5) is 0. The minimum Gasteiger partial charge on any atom is -0.377 e. The molecule has 0 radical (unpaired) electrons. The molecule has 2 nitrogen and oxygen atoms in total. The van der Waals surface area contributed by atoms with Crippen molar-refractivity contribution < 1.29 is 4.74 Å². The summed E-state index contributed by atoms with van der Waals surface area (Å²) in [6.45, 7) is 13.0. The Hall–Kier alpha value is -0.0800. The third kappa shape index (κ3) is 8.12. The Kier molecular flexibility index (Phi) is 10.0. The number of rotatable bonds is 10. The normalized spacial score (nSPS) is 13.7. The summed E-state index contributed by atoms with van der Waals surface area (Å²) in [7, 11) is 0. The summed E-state index contributed by atoms with van der Waals surface area (Å²) >= 11 is 0. The van der Waals surface area contributed by atoms with Gasteiger partial charge in [0.05, 0.1) is 12.7 Å². The SMILES string of the molecule is CCCNC(COC(C)C)CC(CC)CC. The van der Waals surface area contributed by atoms with E-state index in [-0.39, 0.29) is 0 Å². The molecular weight excluding hydrogens is 198 g/mol. The molecule has 0 aliphatic carbocycles. The van der Waals surface area contributed by atoms with Crippen LogP contribution >= 0.6 is 0 Å². The Morgan fingerprint density at radius 3 is 2.12 bits per heavy atom. The van der Waals surface area contributed by atoms with Gasteiger partial charge in [-0.05, 0) is 39.2 Å². The maximum absolute atomic E-state index is 5.73. The smallest absolute Gasteiger partial charge is 0.0623 e. The number of nitrogens with one attached hydrogen (secondary N) is 1. The van der Waals surface area contributed by atoms with Crippen molar-refractivity contribution in [3.63, 3.8) is 0 Å². The first kappa shape index (κ1) is 15.9. The van der Waals surface area contributed by atoms with E-state index < -0.39 is 0 Å². The monoisotopic (exact) mass is 229 g/mol. The molecule has 0 aromatic rings. The molecule has 0 saturated heterocycles. The van der Waals surface area contributed by atoms with Crippen LogP contribution in [0.1, 0.15) is 60.3 Å². The second kappa shape index (κ2) is 10.1. The summed E-state index contributed by atoms with van der Waals surface area (Å²) in [6.07, 6.45) is 5.35. The Labute approximate surface area is 102 Å². The van der Waals surface area contributed by atoms with Gasteiger partial charge in [0.15, 0.2) is 0 Å². The van der Waals surface area contributed by atoms with Gasteiger partial charge in [-0.25, -0.2) is 0 Å². The van der Waals surface area contributed by atoms with Gasteiger partial charge in [0.2, 0.25) is 0 Å². The van der Waals surface area contributed by atoms with Crippen molar-refractivity contribution in [2.24, 2.45) is 5.92 Å². The van der Waals surface area contributed by atoms with Crippen molar-refractivity contribution in [1.82, 2.24) is 5.32 Å². The summed E-state index contributed by atoms with van der Waals surface area (Å²) in [5, 5.41) is 3.60. The zero-order valence-electron chi connectivity index (χ0n) is 11.9. The Morgan fingerprint density at radius 1 is 1.06 bits per heavy atom. The van der Waals surface area contributed by atoms with Gasteiger partial charge in [0.1, 0.15) is 0 Å². The van der Waals surface area contributed by atoms with Crippen LogP contribution in [0.25, 0.3) is 0 Å². The summed E-state index contributed by atoms with van der Waals surface area (Å²) < 4.78 is 5.73. The van der Waals surface area contributed by atoms with Crippen LogP contribution in [0.3, 0.4) is 0 Å². The zero-order valence-corrected chi connectivity index (χ0v) is 11.9. The molecule has 0 rings (SSSR count). The predicted molar refractivity (Wildman–Crippen MR) is 71.9 cm³/mol. The van der Waals surface area contributed by atoms with Crippen LogP contribution in [-0.2, 0) is 4.74 Å². The van der Waals surface area contributed by atoms with E-state index in [1.54, 1.807) is 0 Å². The van der Waals surface area contributed by atoms with Crippen LogP contribution in [0.4, 0.5) is 0 Å². The van der Waals surface area contributed by atoms with Gasteiger partial charge in [0.25, 0.3) is 0 Å². The maximum Gasteiger partial charge on any atom is 0.0623 e. The summed E-state index contributed by atoms with van der Waals surface area (Å²) in [5.74, 6) is 0.838. The number of hydrogen-bond acceptors (Lipinski definition) is 2. The third-order valence-corrected chi connectivity index (χ3v) is 3.09. The van der Waals surface area contributed by atoms with E-state index in [1.807, 2.05) is 0 Å². The Balaban J connectivity index is 3.97. The average molecular weight is 229 g/mol. The molecule has 16 heavy (non-hydrogen) atoms. The van der Waals surface area contributed by atoms with E-state index in [0.717, 1.165) is 19.1 Å². The van der Waals surface area contributed by atoms with Crippen molar-refractivity contribution in [2.75, 3.05) is 13.2 Å². The highest BCUT2D eigenvalue weighted by Gasteiger charge is 2.14. The average Bonchev–Trinajstić information content (AvgIpc) is 2.28. The van der Waals surface area contributed by atoms with Crippen molar-refractivity contribution in [3.8, 4) is 0 Å². The van der Waals surface area contributed by atoms with Gasteiger partial charge in [-0.2, -0.15) is 0 Å². The zero-order chi connectivity index (χ0) is 12.4. The van der Waals surface area contributed by atoms with Crippen LogP contribution < -0.4 is 5.32 Å². The highest BCUT2D eigenvalue weighted by Crippen LogP contribution is 2.15. The Bertz CT molecular complexity index is 144. The molecule has 0 bridgehead atoms. The lowest BCUT2D eigenvalue weighted by atomic mass is 9.95. The molecule has 0 aromatic carbocycles. The minimum absolute atomic E-state index is 0.340. The lowest BCUT2D eigenvalue weighted by Crippen LogP contribution is -2.36. The van der Waals surface area contributed by atoms with Gasteiger partial charge in [-0.3, -0.25) is 0 Å². The van der Waals surface area contributed by atoms with E-state index in [9.17, 15) is 0 Å². The fourth-order valence-corrected chi connectivity index (χ4v) is 1.89. The fourth-order valence-electron chi connectivity index (χ4n) is 1.89. The van der Waals surface area contributed by atoms with E-state index >= 15 is 0 Å². The standard InChI is InChI=1S/C14H31NO/c1-6-9-15-14(11-16-12(4)5)10-13(7-2)8-3/h12-15H,6-11H2,1-5H3. The topological polar surface area (TPSA) is 21.3 Å². The van der Waals surface area contributed by atoms with Crippen LogP contribution in [0.15, 0.2) is 0 Å².